The third-order valence-corrected chi connectivity index (χ3v) is 5.92. The number of nitrogens with two attached hydrogens (primary N) is 2. The molecule has 2 nitrogen and oxygen atoms in total. The molecule has 0 heterocycles. The van der Waals surface area contributed by atoms with Gasteiger partial charge in [0.15, 0.2) is 0 Å². The average Bonchev–Trinajstić information content (AvgIpc) is 2.41. The molecule has 2 heteroatoms. The summed E-state index contributed by atoms with van der Waals surface area (Å²) in [5.74, 6) is 4.81. The molecule has 106 valence electrons. The van der Waals surface area contributed by atoms with Crippen LogP contribution in [-0.4, -0.2) is 0 Å². The molecule has 0 aliphatic heterocycles. The molecule has 0 amide bonds. The molecule has 0 saturated heterocycles. The van der Waals surface area contributed by atoms with Crippen LogP contribution in [0.3, 0.4) is 0 Å². The fraction of sp³-hybridized carbons (Fsp3) is 0.556. The molecule has 0 spiro atoms. The second-order valence-corrected chi connectivity index (χ2v) is 7.26. The van der Waals surface area contributed by atoms with E-state index < -0.39 is 0 Å². The number of nitrogen functional groups attached to an aromatic ring is 2. The summed E-state index contributed by atoms with van der Waals surface area (Å²) < 4.78 is 0. The van der Waals surface area contributed by atoms with Gasteiger partial charge in [0.05, 0.1) is 11.4 Å². The van der Waals surface area contributed by atoms with Gasteiger partial charge in [-0.2, -0.15) is 0 Å². The summed E-state index contributed by atoms with van der Waals surface area (Å²) in [6, 6.07) is 5.96. The lowest BCUT2D eigenvalue weighted by Gasteiger charge is -2.53. The minimum absolute atomic E-state index is 0.678. The normalized spacial score (nSPS) is 38.7. The van der Waals surface area contributed by atoms with Crippen molar-refractivity contribution in [3.05, 3.63) is 29.8 Å². The average molecular weight is 268 g/mol. The number of allylic oxidation sites excluding steroid dienone is 1. The lowest BCUT2D eigenvalue weighted by Crippen LogP contribution is -2.44. The molecule has 1 aromatic carbocycles. The van der Waals surface area contributed by atoms with E-state index in [0.29, 0.717) is 11.4 Å². The number of hydrogen-bond donors (Lipinski definition) is 2. The Morgan fingerprint density at radius 3 is 2.10 bits per heavy atom. The second-order valence-electron chi connectivity index (χ2n) is 7.26. The summed E-state index contributed by atoms with van der Waals surface area (Å²) in [6.45, 7) is 0. The first kappa shape index (κ1) is 12.3. The topological polar surface area (TPSA) is 52.0 Å². The van der Waals surface area contributed by atoms with Crippen LogP contribution in [0.5, 0.6) is 0 Å². The Bertz CT molecular complexity index is 518. The highest BCUT2D eigenvalue weighted by Gasteiger charge is 2.46. The molecule has 20 heavy (non-hydrogen) atoms. The maximum Gasteiger partial charge on any atom is 0.0553 e. The van der Waals surface area contributed by atoms with Gasteiger partial charge in [0.25, 0.3) is 0 Å². The Morgan fingerprint density at radius 2 is 1.50 bits per heavy atom. The summed E-state index contributed by atoms with van der Waals surface area (Å²) in [7, 11) is 0. The quantitative estimate of drug-likeness (QED) is 0.798. The maximum absolute atomic E-state index is 5.89. The minimum atomic E-state index is 0.678. The van der Waals surface area contributed by atoms with Crippen molar-refractivity contribution in [3.8, 4) is 0 Å². The van der Waals surface area contributed by atoms with E-state index >= 15 is 0 Å². The molecule has 0 unspecified atom stereocenters. The molecule has 0 aromatic heterocycles. The first-order valence-electron chi connectivity index (χ1n) is 8.02. The predicted molar refractivity (Wildman–Crippen MR) is 84.8 cm³/mol. The van der Waals surface area contributed by atoms with Crippen molar-refractivity contribution in [2.45, 2.75) is 32.1 Å². The summed E-state index contributed by atoms with van der Waals surface area (Å²) in [6.07, 6.45) is 12.2. The van der Waals surface area contributed by atoms with E-state index in [2.05, 4.69) is 18.2 Å². The van der Waals surface area contributed by atoms with Gasteiger partial charge in [0.2, 0.25) is 0 Å². The van der Waals surface area contributed by atoms with Crippen LogP contribution in [0.2, 0.25) is 0 Å². The molecule has 4 bridgehead atoms. The highest BCUT2D eigenvalue weighted by atomic mass is 14.7. The van der Waals surface area contributed by atoms with E-state index in [1.165, 1.54) is 37.7 Å². The summed E-state index contributed by atoms with van der Waals surface area (Å²) in [5.41, 5.74) is 14.2. The van der Waals surface area contributed by atoms with Crippen LogP contribution < -0.4 is 11.5 Å². The fourth-order valence-electron chi connectivity index (χ4n) is 5.20. The monoisotopic (exact) mass is 268 g/mol. The Hall–Kier alpha value is -1.44. The van der Waals surface area contributed by atoms with E-state index in [-0.39, 0.29) is 0 Å². The summed E-state index contributed by atoms with van der Waals surface area (Å²) in [5, 5.41) is 0. The van der Waals surface area contributed by atoms with Crippen molar-refractivity contribution in [3.63, 3.8) is 0 Å². The van der Waals surface area contributed by atoms with Crippen molar-refractivity contribution in [2.75, 3.05) is 11.5 Å². The third kappa shape index (κ3) is 2.02. The smallest absolute Gasteiger partial charge is 0.0553 e. The molecule has 0 radical (unpaired) electrons. The van der Waals surface area contributed by atoms with Crippen molar-refractivity contribution in [1.82, 2.24) is 0 Å². The second kappa shape index (κ2) is 4.54. The van der Waals surface area contributed by atoms with Gasteiger partial charge in [-0.05, 0) is 79.4 Å². The van der Waals surface area contributed by atoms with Gasteiger partial charge in [-0.3, -0.25) is 0 Å². The van der Waals surface area contributed by atoms with E-state index in [4.69, 9.17) is 11.5 Å². The van der Waals surface area contributed by atoms with E-state index in [1.807, 2.05) is 12.1 Å². The van der Waals surface area contributed by atoms with Gasteiger partial charge >= 0.3 is 0 Å². The Balaban J connectivity index is 1.53. The highest BCUT2D eigenvalue weighted by molar-refractivity contribution is 5.68. The highest BCUT2D eigenvalue weighted by Crippen LogP contribution is 2.56. The van der Waals surface area contributed by atoms with Gasteiger partial charge in [-0.25, -0.2) is 0 Å². The van der Waals surface area contributed by atoms with Crippen molar-refractivity contribution in [2.24, 2.45) is 29.6 Å². The van der Waals surface area contributed by atoms with Crippen LogP contribution in [0.1, 0.15) is 37.7 Å². The minimum Gasteiger partial charge on any atom is -0.397 e. The zero-order chi connectivity index (χ0) is 13.7. The van der Waals surface area contributed by atoms with Gasteiger partial charge in [-0.15, -0.1) is 0 Å². The number of rotatable bonds is 2. The predicted octanol–water partition coefficient (Wildman–Crippen LogP) is 3.94. The molecule has 0 atom stereocenters. The summed E-state index contributed by atoms with van der Waals surface area (Å²) >= 11 is 0. The number of hydrogen-bond acceptors (Lipinski definition) is 2. The largest absolute Gasteiger partial charge is 0.397 e. The molecule has 5 rings (SSSR count). The zero-order valence-electron chi connectivity index (χ0n) is 12.0. The molecule has 4 saturated carbocycles. The molecule has 1 aromatic rings. The molecule has 4 aliphatic rings. The van der Waals surface area contributed by atoms with Crippen LogP contribution >= 0.6 is 0 Å². The van der Waals surface area contributed by atoms with Crippen molar-refractivity contribution >= 4 is 17.5 Å². The van der Waals surface area contributed by atoms with E-state index in [1.54, 1.807) is 0 Å². The molecule has 4 fully saturated rings. The van der Waals surface area contributed by atoms with Gasteiger partial charge in [-0.1, -0.05) is 18.2 Å². The Morgan fingerprint density at radius 1 is 0.850 bits per heavy atom. The summed E-state index contributed by atoms with van der Waals surface area (Å²) in [4.78, 5) is 0. The standard InChI is InChI=1S/C18H24N2/c19-17-4-2-11(10-18(17)20)1-3-16-14-6-12-5-13(8-14)9-15(16)7-12/h1-4,10,12-16H,5-9,19-20H2/b3-1+. The Kier molecular flexibility index (Phi) is 2.80. The van der Waals surface area contributed by atoms with Crippen molar-refractivity contribution in [1.29, 1.82) is 0 Å². The maximum atomic E-state index is 5.89. The SMILES string of the molecule is Nc1ccc(/C=C/C2C3CC4CC(C3)CC2C4)cc1N. The number of anilines is 2. The lowest BCUT2D eigenvalue weighted by atomic mass is 9.52. The van der Waals surface area contributed by atoms with Crippen LogP contribution in [-0.2, 0) is 0 Å². The number of benzene rings is 1. The first-order valence-corrected chi connectivity index (χ1v) is 8.02. The molecular weight excluding hydrogens is 244 g/mol. The van der Waals surface area contributed by atoms with E-state index in [0.717, 1.165) is 29.6 Å². The Labute approximate surface area is 121 Å². The molecule has 4 N–H and O–H groups in total. The van der Waals surface area contributed by atoms with Gasteiger partial charge in [0.1, 0.15) is 0 Å². The van der Waals surface area contributed by atoms with E-state index in [9.17, 15) is 0 Å². The molecular formula is C18H24N2. The van der Waals surface area contributed by atoms with Crippen LogP contribution in [0, 0.1) is 29.6 Å². The van der Waals surface area contributed by atoms with Crippen LogP contribution in [0.25, 0.3) is 6.08 Å². The van der Waals surface area contributed by atoms with Crippen LogP contribution in [0.4, 0.5) is 11.4 Å². The van der Waals surface area contributed by atoms with Gasteiger partial charge < -0.3 is 11.5 Å². The third-order valence-electron chi connectivity index (χ3n) is 5.92. The first-order chi connectivity index (χ1) is 9.69. The van der Waals surface area contributed by atoms with Crippen molar-refractivity contribution < 1.29 is 0 Å². The lowest BCUT2D eigenvalue weighted by molar-refractivity contribution is -0.0158. The van der Waals surface area contributed by atoms with Crippen LogP contribution in [0.15, 0.2) is 24.3 Å². The molecule has 4 aliphatic carbocycles. The fourth-order valence-corrected chi connectivity index (χ4v) is 5.20. The van der Waals surface area contributed by atoms with Gasteiger partial charge in [0, 0.05) is 0 Å². The zero-order valence-corrected chi connectivity index (χ0v) is 12.0.